The minimum absolute atomic E-state index is 0.311. The lowest BCUT2D eigenvalue weighted by molar-refractivity contribution is 0.171. The summed E-state index contributed by atoms with van der Waals surface area (Å²) in [6, 6.07) is 4.17. The Balaban J connectivity index is 2.08. The summed E-state index contributed by atoms with van der Waals surface area (Å²) in [6.45, 7) is 7.63. The van der Waals surface area contributed by atoms with Gasteiger partial charge in [-0.25, -0.2) is 8.78 Å². The third kappa shape index (κ3) is 4.50. The number of hydrogen-bond acceptors (Lipinski definition) is 1. The zero-order chi connectivity index (χ0) is 15.4. The topological polar surface area (TPSA) is 12.0 Å². The van der Waals surface area contributed by atoms with Crippen molar-refractivity contribution < 1.29 is 8.78 Å². The average molecular weight is 295 g/mol. The molecule has 3 heteroatoms. The predicted molar refractivity (Wildman–Crippen MR) is 83.2 cm³/mol. The van der Waals surface area contributed by atoms with E-state index >= 15 is 0 Å². The molecule has 21 heavy (non-hydrogen) atoms. The molecular weight excluding hydrogens is 268 g/mol. The van der Waals surface area contributed by atoms with Crippen LogP contribution >= 0.6 is 0 Å². The van der Waals surface area contributed by atoms with E-state index in [-0.39, 0.29) is 0 Å². The molecule has 4 unspecified atom stereocenters. The van der Waals surface area contributed by atoms with E-state index in [0.717, 1.165) is 30.0 Å². The van der Waals surface area contributed by atoms with Crippen LogP contribution in [0.4, 0.5) is 8.78 Å². The van der Waals surface area contributed by atoms with E-state index in [1.54, 1.807) is 0 Å². The van der Waals surface area contributed by atoms with Crippen molar-refractivity contribution in [2.75, 3.05) is 6.54 Å². The molecule has 1 saturated carbocycles. The van der Waals surface area contributed by atoms with Gasteiger partial charge in [0.05, 0.1) is 0 Å². The van der Waals surface area contributed by atoms with E-state index in [4.69, 9.17) is 0 Å². The highest BCUT2D eigenvalue weighted by molar-refractivity contribution is 5.19. The fourth-order valence-corrected chi connectivity index (χ4v) is 3.61. The van der Waals surface area contributed by atoms with Crippen LogP contribution in [0.2, 0.25) is 0 Å². The number of benzene rings is 1. The lowest BCUT2D eigenvalue weighted by Gasteiger charge is -2.37. The summed E-state index contributed by atoms with van der Waals surface area (Å²) in [5, 5.41) is 3.53. The predicted octanol–water partition coefficient (Wildman–Crippen LogP) is 4.56. The van der Waals surface area contributed by atoms with Gasteiger partial charge < -0.3 is 5.32 Å². The fourth-order valence-electron chi connectivity index (χ4n) is 3.61. The molecular formula is C18H27F2N. The van der Waals surface area contributed by atoms with Crippen LogP contribution in [0.3, 0.4) is 0 Å². The van der Waals surface area contributed by atoms with Gasteiger partial charge in [-0.15, -0.1) is 0 Å². The van der Waals surface area contributed by atoms with Gasteiger partial charge in [-0.1, -0.05) is 27.2 Å². The van der Waals surface area contributed by atoms with Crippen LogP contribution in [0, 0.1) is 29.4 Å². The van der Waals surface area contributed by atoms with Crippen LogP contribution in [-0.4, -0.2) is 12.6 Å². The highest BCUT2D eigenvalue weighted by atomic mass is 19.1. The second-order valence-corrected chi connectivity index (χ2v) is 6.67. The van der Waals surface area contributed by atoms with Crippen molar-refractivity contribution >= 4 is 0 Å². The minimum Gasteiger partial charge on any atom is -0.314 e. The normalized spacial score (nSPS) is 27.6. The van der Waals surface area contributed by atoms with Crippen LogP contribution in [0.15, 0.2) is 18.2 Å². The summed E-state index contributed by atoms with van der Waals surface area (Å²) < 4.78 is 26.7. The molecule has 0 aromatic heterocycles. The first-order chi connectivity index (χ1) is 9.99. The van der Waals surface area contributed by atoms with Crippen molar-refractivity contribution in [3.05, 3.63) is 35.4 Å². The van der Waals surface area contributed by atoms with Crippen LogP contribution < -0.4 is 5.32 Å². The Hall–Kier alpha value is -0.960. The Morgan fingerprint density at radius 1 is 1.10 bits per heavy atom. The monoisotopic (exact) mass is 295 g/mol. The molecule has 118 valence electrons. The molecule has 1 aliphatic carbocycles. The molecule has 1 nitrogen and oxygen atoms in total. The second kappa shape index (κ2) is 7.35. The lowest BCUT2D eigenvalue weighted by Crippen LogP contribution is -2.41. The molecule has 1 aromatic carbocycles. The smallest absolute Gasteiger partial charge is 0.126 e. The molecule has 0 amide bonds. The summed E-state index contributed by atoms with van der Waals surface area (Å²) in [5.74, 6) is 1.16. The van der Waals surface area contributed by atoms with E-state index < -0.39 is 11.6 Å². The average Bonchev–Trinajstić information content (AvgIpc) is 2.40. The highest BCUT2D eigenvalue weighted by Gasteiger charge is 2.29. The number of halogens is 2. The Kier molecular flexibility index (Phi) is 5.74. The van der Waals surface area contributed by atoms with Gasteiger partial charge in [-0.3, -0.25) is 0 Å². The molecule has 1 fully saturated rings. The third-order valence-electron chi connectivity index (χ3n) is 5.05. The minimum atomic E-state index is -0.481. The first kappa shape index (κ1) is 16.4. The number of hydrogen-bond donors (Lipinski definition) is 1. The van der Waals surface area contributed by atoms with Gasteiger partial charge in [-0.05, 0) is 61.3 Å². The Morgan fingerprint density at radius 2 is 1.76 bits per heavy atom. The zero-order valence-electron chi connectivity index (χ0n) is 13.3. The maximum Gasteiger partial charge on any atom is 0.126 e. The Labute approximate surface area is 127 Å². The van der Waals surface area contributed by atoms with Gasteiger partial charge in [0.15, 0.2) is 0 Å². The van der Waals surface area contributed by atoms with Crippen molar-refractivity contribution in [1.29, 1.82) is 0 Å². The molecule has 1 aliphatic rings. The maximum absolute atomic E-state index is 13.4. The summed E-state index contributed by atoms with van der Waals surface area (Å²) >= 11 is 0. The molecule has 0 bridgehead atoms. The SMILES string of the molecule is CCNC(Cc1cc(F)cc(F)c1)C1CCC(C)C(C)C1. The summed E-state index contributed by atoms with van der Waals surface area (Å²) in [4.78, 5) is 0. The first-order valence-corrected chi connectivity index (χ1v) is 8.18. The molecule has 0 heterocycles. The van der Waals surface area contributed by atoms with Gasteiger partial charge in [0.2, 0.25) is 0 Å². The quantitative estimate of drug-likeness (QED) is 0.840. The first-order valence-electron chi connectivity index (χ1n) is 8.18. The van der Waals surface area contributed by atoms with Gasteiger partial charge in [0.1, 0.15) is 11.6 Å². The summed E-state index contributed by atoms with van der Waals surface area (Å²) in [7, 11) is 0. The number of rotatable bonds is 5. The number of nitrogens with one attached hydrogen (secondary N) is 1. The molecule has 0 saturated heterocycles. The van der Waals surface area contributed by atoms with Gasteiger partial charge in [0, 0.05) is 12.1 Å². The number of likely N-dealkylation sites (N-methyl/N-ethyl adjacent to an activating group) is 1. The highest BCUT2D eigenvalue weighted by Crippen LogP contribution is 2.35. The van der Waals surface area contributed by atoms with Crippen molar-refractivity contribution in [1.82, 2.24) is 5.32 Å². The molecule has 1 aromatic rings. The largest absolute Gasteiger partial charge is 0.314 e. The summed E-state index contributed by atoms with van der Waals surface area (Å²) in [6.07, 6.45) is 4.37. The third-order valence-corrected chi connectivity index (χ3v) is 5.05. The van der Waals surface area contributed by atoms with E-state index in [1.165, 1.54) is 31.4 Å². The van der Waals surface area contributed by atoms with Gasteiger partial charge >= 0.3 is 0 Å². The van der Waals surface area contributed by atoms with Gasteiger partial charge in [0.25, 0.3) is 0 Å². The van der Waals surface area contributed by atoms with E-state index in [1.807, 2.05) is 0 Å². The van der Waals surface area contributed by atoms with E-state index in [9.17, 15) is 8.78 Å². The van der Waals surface area contributed by atoms with Crippen LogP contribution in [-0.2, 0) is 6.42 Å². The fraction of sp³-hybridized carbons (Fsp3) is 0.667. The Morgan fingerprint density at radius 3 is 2.33 bits per heavy atom. The molecule has 2 rings (SSSR count). The molecule has 0 spiro atoms. The van der Waals surface area contributed by atoms with E-state index in [0.29, 0.717) is 18.4 Å². The Bertz CT molecular complexity index is 440. The zero-order valence-corrected chi connectivity index (χ0v) is 13.3. The molecule has 0 aliphatic heterocycles. The van der Waals surface area contributed by atoms with Crippen molar-refractivity contribution in [3.63, 3.8) is 0 Å². The second-order valence-electron chi connectivity index (χ2n) is 6.67. The standard InChI is InChI=1S/C18H27F2N/c1-4-21-18(15-6-5-12(2)13(3)7-15)10-14-8-16(19)11-17(20)9-14/h8-9,11-13,15,18,21H,4-7,10H2,1-3H3. The summed E-state index contributed by atoms with van der Waals surface area (Å²) in [5.41, 5.74) is 0.754. The van der Waals surface area contributed by atoms with Gasteiger partial charge in [-0.2, -0.15) is 0 Å². The van der Waals surface area contributed by atoms with Crippen molar-refractivity contribution in [2.24, 2.45) is 17.8 Å². The molecule has 1 N–H and O–H groups in total. The van der Waals surface area contributed by atoms with Crippen LogP contribution in [0.1, 0.15) is 45.6 Å². The van der Waals surface area contributed by atoms with E-state index in [2.05, 4.69) is 26.1 Å². The maximum atomic E-state index is 13.4. The molecule has 4 atom stereocenters. The van der Waals surface area contributed by atoms with Crippen LogP contribution in [0.25, 0.3) is 0 Å². The lowest BCUT2D eigenvalue weighted by atomic mass is 9.72. The van der Waals surface area contributed by atoms with Crippen molar-refractivity contribution in [2.45, 2.75) is 52.5 Å². The molecule has 0 radical (unpaired) electrons. The van der Waals surface area contributed by atoms with Crippen LogP contribution in [0.5, 0.6) is 0 Å². The van der Waals surface area contributed by atoms with Crippen molar-refractivity contribution in [3.8, 4) is 0 Å².